The van der Waals surface area contributed by atoms with Crippen molar-refractivity contribution in [2.24, 2.45) is 11.8 Å². The van der Waals surface area contributed by atoms with Gasteiger partial charge in [-0.2, -0.15) is 0 Å². The van der Waals surface area contributed by atoms with Crippen LogP contribution in [0.25, 0.3) is 0 Å². The lowest BCUT2D eigenvalue weighted by Crippen LogP contribution is -2.32. The summed E-state index contributed by atoms with van der Waals surface area (Å²) < 4.78 is 12.2. The first-order chi connectivity index (χ1) is 7.40. The number of rotatable bonds is 4. The van der Waals surface area contributed by atoms with Gasteiger partial charge in [0, 0.05) is 21.3 Å². The first-order valence-corrected chi connectivity index (χ1v) is 7.29. The number of aliphatic carboxylic acids is 1. The summed E-state index contributed by atoms with van der Waals surface area (Å²) in [5.41, 5.74) is 0. The van der Waals surface area contributed by atoms with Crippen LogP contribution in [0.1, 0.15) is 46.5 Å². The average Bonchev–Trinajstić information content (AvgIpc) is 2.13. The van der Waals surface area contributed by atoms with E-state index >= 15 is 0 Å². The molecule has 0 aromatic heterocycles. The fourth-order valence-corrected chi connectivity index (χ4v) is 4.72. The Morgan fingerprint density at radius 2 is 1.81 bits per heavy atom. The topological polar surface area (TPSA) is 54.4 Å². The molecular formula is C12H22O3S. The molecule has 0 aromatic carbocycles. The minimum Gasteiger partial charge on any atom is -0.481 e. The summed E-state index contributed by atoms with van der Waals surface area (Å²) in [6.45, 7) is 6.18. The van der Waals surface area contributed by atoms with Crippen molar-refractivity contribution in [1.29, 1.82) is 0 Å². The Balaban J connectivity index is 2.55. The van der Waals surface area contributed by atoms with Gasteiger partial charge in [0.2, 0.25) is 0 Å². The molecular weight excluding hydrogens is 224 g/mol. The number of carboxylic acids is 1. The van der Waals surface area contributed by atoms with E-state index in [0.29, 0.717) is 11.8 Å². The van der Waals surface area contributed by atoms with E-state index in [9.17, 15) is 9.00 Å². The third-order valence-electron chi connectivity index (χ3n) is 3.32. The zero-order valence-electron chi connectivity index (χ0n) is 10.3. The Morgan fingerprint density at radius 1 is 1.31 bits per heavy atom. The molecule has 1 aliphatic carbocycles. The van der Waals surface area contributed by atoms with Gasteiger partial charge >= 0.3 is 5.97 Å². The van der Waals surface area contributed by atoms with Crippen molar-refractivity contribution < 1.29 is 14.1 Å². The van der Waals surface area contributed by atoms with E-state index in [0.717, 1.165) is 12.8 Å². The highest BCUT2D eigenvalue weighted by Gasteiger charge is 2.30. The van der Waals surface area contributed by atoms with Crippen LogP contribution in [-0.2, 0) is 15.6 Å². The molecule has 4 heteroatoms. The van der Waals surface area contributed by atoms with Crippen LogP contribution < -0.4 is 0 Å². The van der Waals surface area contributed by atoms with E-state index in [1.807, 2.05) is 0 Å². The molecule has 3 nitrogen and oxygen atoms in total. The molecule has 4 atom stereocenters. The van der Waals surface area contributed by atoms with Gasteiger partial charge in [-0.1, -0.05) is 20.8 Å². The zero-order valence-corrected chi connectivity index (χ0v) is 11.1. The first kappa shape index (κ1) is 13.7. The smallest absolute Gasteiger partial charge is 0.304 e. The molecule has 1 saturated carbocycles. The van der Waals surface area contributed by atoms with E-state index in [1.54, 1.807) is 6.92 Å². The van der Waals surface area contributed by atoms with Crippen molar-refractivity contribution >= 4 is 16.8 Å². The Kier molecular flexibility index (Phi) is 4.96. The van der Waals surface area contributed by atoms with E-state index in [4.69, 9.17) is 5.11 Å². The molecule has 0 bridgehead atoms. The molecule has 0 radical (unpaired) electrons. The lowest BCUT2D eigenvalue weighted by atomic mass is 9.83. The summed E-state index contributed by atoms with van der Waals surface area (Å²) in [4.78, 5) is 10.6. The lowest BCUT2D eigenvalue weighted by Gasteiger charge is -2.32. The number of hydrogen-bond donors (Lipinski definition) is 1. The summed E-state index contributed by atoms with van der Waals surface area (Å²) in [6, 6.07) is 0. The second kappa shape index (κ2) is 5.80. The maximum absolute atomic E-state index is 12.2. The molecule has 94 valence electrons. The van der Waals surface area contributed by atoms with Gasteiger partial charge in [0.25, 0.3) is 0 Å². The predicted molar refractivity (Wildman–Crippen MR) is 65.8 cm³/mol. The van der Waals surface area contributed by atoms with Crippen LogP contribution in [0.4, 0.5) is 0 Å². The Labute approximate surface area is 100 Å². The summed E-state index contributed by atoms with van der Waals surface area (Å²) in [6.07, 6.45) is 3.20. The van der Waals surface area contributed by atoms with Gasteiger partial charge in [-0.15, -0.1) is 0 Å². The second-order valence-electron chi connectivity index (χ2n) is 5.28. The molecule has 1 fully saturated rings. The molecule has 0 spiro atoms. The molecule has 1 aliphatic rings. The molecule has 16 heavy (non-hydrogen) atoms. The van der Waals surface area contributed by atoms with Gasteiger partial charge in [-0.25, -0.2) is 0 Å². The average molecular weight is 246 g/mol. The van der Waals surface area contributed by atoms with Crippen LogP contribution in [-0.4, -0.2) is 25.8 Å². The van der Waals surface area contributed by atoms with Gasteiger partial charge in [0.15, 0.2) is 0 Å². The van der Waals surface area contributed by atoms with Crippen LogP contribution in [0, 0.1) is 11.8 Å². The van der Waals surface area contributed by atoms with Gasteiger partial charge in [0.05, 0.1) is 6.42 Å². The third-order valence-corrected chi connectivity index (χ3v) is 5.32. The fourth-order valence-electron chi connectivity index (χ4n) is 2.72. The SMILES string of the molecule is CC1CC(C)CC(S(=O)C(C)CC(=O)O)C1. The van der Waals surface area contributed by atoms with Crippen LogP contribution >= 0.6 is 0 Å². The van der Waals surface area contributed by atoms with Crippen molar-refractivity contribution in [2.45, 2.75) is 57.0 Å². The minimum atomic E-state index is -0.994. The van der Waals surface area contributed by atoms with Crippen molar-refractivity contribution in [3.8, 4) is 0 Å². The molecule has 0 saturated heterocycles. The van der Waals surface area contributed by atoms with E-state index in [-0.39, 0.29) is 16.9 Å². The number of carbonyl (C=O) groups is 1. The lowest BCUT2D eigenvalue weighted by molar-refractivity contribution is -0.136. The highest BCUT2D eigenvalue weighted by Crippen LogP contribution is 2.32. The molecule has 1 rings (SSSR count). The molecule has 1 N–H and O–H groups in total. The summed E-state index contributed by atoms with van der Waals surface area (Å²) >= 11 is 0. The summed E-state index contributed by atoms with van der Waals surface area (Å²) in [5, 5.41) is 8.68. The highest BCUT2D eigenvalue weighted by atomic mass is 32.2. The van der Waals surface area contributed by atoms with Crippen LogP contribution in [0.2, 0.25) is 0 Å². The zero-order chi connectivity index (χ0) is 12.3. The predicted octanol–water partition coefficient (Wildman–Crippen LogP) is 2.42. The fraction of sp³-hybridized carbons (Fsp3) is 0.917. The summed E-state index contributed by atoms with van der Waals surface area (Å²) in [5.74, 6) is 0.391. The van der Waals surface area contributed by atoms with Gasteiger partial charge in [-0.3, -0.25) is 9.00 Å². The highest BCUT2D eigenvalue weighted by molar-refractivity contribution is 7.86. The van der Waals surface area contributed by atoms with E-state index in [2.05, 4.69) is 13.8 Å². The normalized spacial score (nSPS) is 34.3. The summed E-state index contributed by atoms with van der Waals surface area (Å²) in [7, 11) is -0.994. The Hall–Kier alpha value is -0.380. The van der Waals surface area contributed by atoms with Crippen molar-refractivity contribution in [3.05, 3.63) is 0 Å². The Bertz CT molecular complexity index is 267. The van der Waals surface area contributed by atoms with Gasteiger partial charge < -0.3 is 5.11 Å². The number of hydrogen-bond acceptors (Lipinski definition) is 2. The monoisotopic (exact) mass is 246 g/mol. The van der Waals surface area contributed by atoms with Crippen molar-refractivity contribution in [3.63, 3.8) is 0 Å². The van der Waals surface area contributed by atoms with Crippen LogP contribution in [0.15, 0.2) is 0 Å². The largest absolute Gasteiger partial charge is 0.481 e. The van der Waals surface area contributed by atoms with Crippen LogP contribution in [0.5, 0.6) is 0 Å². The van der Waals surface area contributed by atoms with Crippen molar-refractivity contribution in [2.75, 3.05) is 0 Å². The maximum Gasteiger partial charge on any atom is 0.304 e. The van der Waals surface area contributed by atoms with Crippen molar-refractivity contribution in [1.82, 2.24) is 0 Å². The van der Waals surface area contributed by atoms with E-state index < -0.39 is 16.8 Å². The minimum absolute atomic E-state index is 0.0197. The van der Waals surface area contributed by atoms with Gasteiger partial charge in [0.1, 0.15) is 0 Å². The van der Waals surface area contributed by atoms with Crippen LogP contribution in [0.3, 0.4) is 0 Å². The molecule has 0 heterocycles. The van der Waals surface area contributed by atoms with Gasteiger partial charge in [-0.05, 0) is 31.1 Å². The molecule has 0 aromatic rings. The maximum atomic E-state index is 12.2. The molecule has 0 amide bonds. The molecule has 4 unspecified atom stereocenters. The second-order valence-corrected chi connectivity index (χ2v) is 7.40. The quantitative estimate of drug-likeness (QED) is 0.829. The Morgan fingerprint density at radius 3 is 2.25 bits per heavy atom. The molecule has 0 aliphatic heterocycles. The number of carboxylic acid groups (broad SMARTS) is 1. The standard InChI is InChI=1S/C12H22O3S/c1-8-4-9(2)6-11(5-8)16(15)10(3)7-12(13)14/h8-11H,4-7H2,1-3H3,(H,13,14). The first-order valence-electron chi connectivity index (χ1n) is 6.01. The van der Waals surface area contributed by atoms with E-state index in [1.165, 1.54) is 6.42 Å². The third kappa shape index (κ3) is 3.89.